The van der Waals surface area contributed by atoms with Gasteiger partial charge in [0.25, 0.3) is 0 Å². The van der Waals surface area contributed by atoms with Crippen LogP contribution in [0.15, 0.2) is 60.2 Å². The second-order valence-electron chi connectivity index (χ2n) is 6.55. The molecule has 0 bridgehead atoms. The Bertz CT molecular complexity index is 771. The molecule has 1 aromatic carbocycles. The fraction of sp³-hybridized carbons (Fsp3) is 0.333. The standard InChI is InChI=1S/C21H21F3O/c1-14-3-5-15(6-4-14)17-9-12-19(20(22)13-17)16-7-10-18(11-8-16)21(23,24)25-2/h3,5-7,9-14,16H,4,8H2,1-2H3. The molecule has 25 heavy (non-hydrogen) atoms. The van der Waals surface area contributed by atoms with E-state index in [0.29, 0.717) is 17.9 Å². The first-order valence-electron chi connectivity index (χ1n) is 8.40. The molecule has 1 nitrogen and oxygen atoms in total. The van der Waals surface area contributed by atoms with E-state index in [2.05, 4.69) is 23.8 Å². The van der Waals surface area contributed by atoms with Gasteiger partial charge in [0.2, 0.25) is 0 Å². The molecule has 0 amide bonds. The molecule has 132 valence electrons. The second-order valence-corrected chi connectivity index (χ2v) is 6.55. The van der Waals surface area contributed by atoms with Crippen LogP contribution in [0.5, 0.6) is 0 Å². The molecule has 1 aromatic rings. The van der Waals surface area contributed by atoms with Gasteiger partial charge in [0, 0.05) is 18.6 Å². The van der Waals surface area contributed by atoms with Crippen LogP contribution < -0.4 is 0 Å². The number of alkyl halides is 2. The van der Waals surface area contributed by atoms with E-state index in [1.54, 1.807) is 12.1 Å². The first-order valence-corrected chi connectivity index (χ1v) is 8.40. The van der Waals surface area contributed by atoms with Crippen LogP contribution in [0.4, 0.5) is 13.2 Å². The van der Waals surface area contributed by atoms with Gasteiger partial charge in [-0.05, 0) is 41.5 Å². The van der Waals surface area contributed by atoms with E-state index in [4.69, 9.17) is 0 Å². The van der Waals surface area contributed by atoms with E-state index in [0.717, 1.165) is 24.7 Å². The van der Waals surface area contributed by atoms with Gasteiger partial charge in [-0.2, -0.15) is 8.78 Å². The molecule has 0 heterocycles. The van der Waals surface area contributed by atoms with E-state index >= 15 is 0 Å². The van der Waals surface area contributed by atoms with Crippen LogP contribution in [0.25, 0.3) is 5.57 Å². The number of benzene rings is 1. The zero-order valence-corrected chi connectivity index (χ0v) is 14.3. The summed E-state index contributed by atoms with van der Waals surface area (Å²) in [6.45, 7) is 2.14. The molecule has 0 aromatic heterocycles. The quantitative estimate of drug-likeness (QED) is 0.648. The fourth-order valence-corrected chi connectivity index (χ4v) is 3.13. The zero-order valence-electron chi connectivity index (χ0n) is 14.3. The molecule has 2 unspecified atom stereocenters. The maximum absolute atomic E-state index is 14.6. The summed E-state index contributed by atoms with van der Waals surface area (Å²) in [7, 11) is 0.967. The lowest BCUT2D eigenvalue weighted by molar-refractivity contribution is -0.187. The third-order valence-electron chi connectivity index (χ3n) is 4.74. The Morgan fingerprint density at radius 1 is 1.08 bits per heavy atom. The minimum absolute atomic E-state index is 0.185. The van der Waals surface area contributed by atoms with Gasteiger partial charge >= 0.3 is 6.11 Å². The molecular weight excluding hydrogens is 325 g/mol. The summed E-state index contributed by atoms with van der Waals surface area (Å²) in [4.78, 5) is 0. The van der Waals surface area contributed by atoms with Crippen LogP contribution in [-0.4, -0.2) is 13.2 Å². The predicted molar refractivity (Wildman–Crippen MR) is 93.8 cm³/mol. The Morgan fingerprint density at radius 3 is 2.44 bits per heavy atom. The highest BCUT2D eigenvalue weighted by Gasteiger charge is 2.34. The van der Waals surface area contributed by atoms with Gasteiger partial charge in [-0.25, -0.2) is 4.39 Å². The van der Waals surface area contributed by atoms with Crippen molar-refractivity contribution in [3.05, 3.63) is 77.2 Å². The Morgan fingerprint density at radius 2 is 1.88 bits per heavy atom. The van der Waals surface area contributed by atoms with Crippen molar-refractivity contribution in [3.8, 4) is 0 Å². The Labute approximate surface area is 146 Å². The Kier molecular flexibility index (Phi) is 5.00. The smallest absolute Gasteiger partial charge is 0.320 e. The van der Waals surface area contributed by atoms with E-state index in [1.165, 1.54) is 18.2 Å². The molecule has 0 saturated carbocycles. The van der Waals surface area contributed by atoms with Crippen LogP contribution in [0.1, 0.15) is 36.8 Å². The number of rotatable bonds is 4. The van der Waals surface area contributed by atoms with E-state index in [1.807, 2.05) is 12.1 Å². The first kappa shape index (κ1) is 17.7. The van der Waals surface area contributed by atoms with Crippen molar-refractivity contribution in [2.75, 3.05) is 7.11 Å². The van der Waals surface area contributed by atoms with Crippen LogP contribution in [-0.2, 0) is 4.74 Å². The van der Waals surface area contributed by atoms with Gasteiger partial charge in [0.15, 0.2) is 0 Å². The minimum atomic E-state index is -3.30. The molecule has 0 N–H and O–H groups in total. The summed E-state index contributed by atoms with van der Waals surface area (Å²) < 4.78 is 45.8. The lowest BCUT2D eigenvalue weighted by Crippen LogP contribution is -2.22. The van der Waals surface area contributed by atoms with Crippen molar-refractivity contribution in [1.29, 1.82) is 0 Å². The fourth-order valence-electron chi connectivity index (χ4n) is 3.13. The van der Waals surface area contributed by atoms with Crippen LogP contribution in [0.3, 0.4) is 0 Å². The van der Waals surface area contributed by atoms with Gasteiger partial charge in [0.05, 0.1) is 0 Å². The SMILES string of the molecule is COC(F)(F)C1=CCC(c2ccc(C3=CCC(C)C=C3)cc2F)C=C1. The van der Waals surface area contributed by atoms with Gasteiger partial charge in [-0.1, -0.05) is 55.5 Å². The monoisotopic (exact) mass is 346 g/mol. The highest BCUT2D eigenvalue weighted by Crippen LogP contribution is 2.35. The summed E-state index contributed by atoms with van der Waals surface area (Å²) in [5.74, 6) is -0.0526. The molecule has 0 radical (unpaired) electrons. The van der Waals surface area contributed by atoms with Crippen molar-refractivity contribution in [2.24, 2.45) is 5.92 Å². The van der Waals surface area contributed by atoms with Gasteiger partial charge in [-0.3, -0.25) is 0 Å². The van der Waals surface area contributed by atoms with Gasteiger partial charge in [0.1, 0.15) is 5.82 Å². The number of hydrogen-bond donors (Lipinski definition) is 0. The van der Waals surface area contributed by atoms with Gasteiger partial charge < -0.3 is 4.74 Å². The molecule has 0 fully saturated rings. The van der Waals surface area contributed by atoms with Gasteiger partial charge in [-0.15, -0.1) is 0 Å². The number of hydrogen-bond acceptors (Lipinski definition) is 1. The molecular formula is C21H21F3O. The highest BCUT2D eigenvalue weighted by atomic mass is 19.3. The van der Waals surface area contributed by atoms with Crippen molar-refractivity contribution in [1.82, 2.24) is 0 Å². The van der Waals surface area contributed by atoms with Crippen LogP contribution >= 0.6 is 0 Å². The molecule has 2 atom stereocenters. The number of methoxy groups -OCH3 is 1. The van der Waals surface area contributed by atoms with Crippen molar-refractivity contribution >= 4 is 5.57 Å². The number of halogens is 3. The van der Waals surface area contributed by atoms with Crippen LogP contribution in [0, 0.1) is 11.7 Å². The normalized spacial score (nSPS) is 23.4. The predicted octanol–water partition coefficient (Wildman–Crippen LogP) is 6.01. The summed E-state index contributed by atoms with van der Waals surface area (Å²) >= 11 is 0. The molecule has 4 heteroatoms. The van der Waals surface area contributed by atoms with Crippen molar-refractivity contribution in [3.63, 3.8) is 0 Å². The third-order valence-corrected chi connectivity index (χ3v) is 4.74. The summed E-state index contributed by atoms with van der Waals surface area (Å²) in [5.41, 5.74) is 2.19. The van der Waals surface area contributed by atoms with Crippen molar-refractivity contribution in [2.45, 2.75) is 31.8 Å². The Hall–Kier alpha value is -2.07. The molecule has 0 saturated heterocycles. The second kappa shape index (κ2) is 7.04. The lowest BCUT2D eigenvalue weighted by atomic mass is 9.87. The van der Waals surface area contributed by atoms with E-state index < -0.39 is 6.11 Å². The lowest BCUT2D eigenvalue weighted by Gasteiger charge is -2.22. The zero-order chi connectivity index (χ0) is 18.0. The van der Waals surface area contributed by atoms with Crippen LogP contribution in [0.2, 0.25) is 0 Å². The first-order chi connectivity index (χ1) is 11.9. The summed E-state index contributed by atoms with van der Waals surface area (Å²) in [5, 5.41) is 0. The molecule has 0 aliphatic heterocycles. The third kappa shape index (κ3) is 3.79. The summed E-state index contributed by atoms with van der Waals surface area (Å²) in [6, 6.07) is 5.17. The minimum Gasteiger partial charge on any atom is -0.320 e. The highest BCUT2D eigenvalue weighted by molar-refractivity contribution is 5.75. The number of allylic oxidation sites excluding steroid dienone is 6. The average Bonchev–Trinajstić information content (AvgIpc) is 2.62. The average molecular weight is 346 g/mol. The molecule has 2 aliphatic carbocycles. The van der Waals surface area contributed by atoms with Crippen molar-refractivity contribution < 1.29 is 17.9 Å². The molecule has 3 rings (SSSR count). The maximum Gasteiger partial charge on any atom is 0.382 e. The molecule has 0 spiro atoms. The van der Waals surface area contributed by atoms with E-state index in [9.17, 15) is 13.2 Å². The number of ether oxygens (including phenoxy) is 1. The largest absolute Gasteiger partial charge is 0.382 e. The summed E-state index contributed by atoms with van der Waals surface area (Å²) in [6.07, 6.45) is 8.56. The maximum atomic E-state index is 14.6. The van der Waals surface area contributed by atoms with E-state index in [-0.39, 0.29) is 17.3 Å². The Balaban J connectivity index is 1.77. The topological polar surface area (TPSA) is 9.23 Å². The molecule has 2 aliphatic rings.